The molecule has 0 atom stereocenters. The molecule has 0 bridgehead atoms. The van der Waals surface area contributed by atoms with Crippen LogP contribution in [-0.2, 0) is 0 Å². The second-order valence-corrected chi connectivity index (χ2v) is 4.99. The zero-order valence-electron chi connectivity index (χ0n) is 12.1. The number of nitrogens with one attached hydrogen (secondary N) is 1. The Morgan fingerprint density at radius 1 is 1.20 bits per heavy atom. The molecule has 0 aliphatic carbocycles. The summed E-state index contributed by atoms with van der Waals surface area (Å²) in [6.45, 7) is 7.98. The molecule has 108 valence electrons. The van der Waals surface area contributed by atoms with E-state index in [0.717, 1.165) is 32.7 Å². The van der Waals surface area contributed by atoms with Gasteiger partial charge in [0.2, 0.25) is 0 Å². The van der Waals surface area contributed by atoms with Crippen molar-refractivity contribution in [3.8, 4) is 0 Å². The van der Waals surface area contributed by atoms with Crippen LogP contribution >= 0.6 is 0 Å². The van der Waals surface area contributed by atoms with E-state index in [2.05, 4.69) is 17.1 Å². The molecule has 1 heterocycles. The number of hydrogen-bond donors (Lipinski definition) is 1. The van der Waals surface area contributed by atoms with E-state index in [1.54, 1.807) is 24.3 Å². The summed E-state index contributed by atoms with van der Waals surface area (Å²) in [5, 5.41) is 2.86. The van der Waals surface area contributed by atoms with Crippen LogP contribution in [0.4, 0.5) is 10.5 Å². The molecule has 1 aliphatic rings. The van der Waals surface area contributed by atoms with Gasteiger partial charge in [0.25, 0.3) is 0 Å². The van der Waals surface area contributed by atoms with Crippen LogP contribution in [0.15, 0.2) is 24.3 Å². The summed E-state index contributed by atoms with van der Waals surface area (Å²) in [6.07, 6.45) is 0. The van der Waals surface area contributed by atoms with Crippen LogP contribution in [0.1, 0.15) is 24.2 Å². The highest BCUT2D eigenvalue weighted by atomic mass is 16.2. The van der Waals surface area contributed by atoms with Crippen molar-refractivity contribution in [2.75, 3.05) is 38.0 Å². The molecule has 0 aromatic heterocycles. The zero-order chi connectivity index (χ0) is 14.5. The Bertz CT molecular complexity index is 494. The van der Waals surface area contributed by atoms with E-state index < -0.39 is 0 Å². The molecule has 1 aliphatic heterocycles. The first-order chi connectivity index (χ1) is 9.60. The Morgan fingerprint density at radius 3 is 2.50 bits per heavy atom. The smallest absolute Gasteiger partial charge is 0.321 e. The summed E-state index contributed by atoms with van der Waals surface area (Å²) < 4.78 is 0. The first kappa shape index (κ1) is 14.5. The van der Waals surface area contributed by atoms with Crippen LogP contribution in [0.3, 0.4) is 0 Å². The molecular weight excluding hydrogens is 254 g/mol. The Labute approximate surface area is 119 Å². The van der Waals surface area contributed by atoms with E-state index in [0.29, 0.717) is 11.3 Å². The average Bonchev–Trinajstić information content (AvgIpc) is 2.47. The number of nitrogens with zero attached hydrogens (tertiary/aromatic N) is 2. The third kappa shape index (κ3) is 3.57. The highest BCUT2D eigenvalue weighted by Gasteiger charge is 2.20. The minimum absolute atomic E-state index is 0.00217. The van der Waals surface area contributed by atoms with E-state index >= 15 is 0 Å². The van der Waals surface area contributed by atoms with Gasteiger partial charge < -0.3 is 15.1 Å². The third-order valence-corrected chi connectivity index (χ3v) is 3.63. The first-order valence-corrected chi connectivity index (χ1v) is 6.99. The predicted molar refractivity (Wildman–Crippen MR) is 79.2 cm³/mol. The quantitative estimate of drug-likeness (QED) is 0.859. The van der Waals surface area contributed by atoms with Gasteiger partial charge in [-0.15, -0.1) is 0 Å². The largest absolute Gasteiger partial charge is 0.322 e. The second kappa shape index (κ2) is 6.52. The van der Waals surface area contributed by atoms with Crippen LogP contribution in [0.2, 0.25) is 0 Å². The molecule has 0 spiro atoms. The monoisotopic (exact) mass is 275 g/mol. The van der Waals surface area contributed by atoms with Crippen LogP contribution in [0.25, 0.3) is 0 Å². The van der Waals surface area contributed by atoms with Gasteiger partial charge in [-0.2, -0.15) is 0 Å². The van der Waals surface area contributed by atoms with Crippen molar-refractivity contribution in [2.45, 2.75) is 13.8 Å². The molecule has 1 aromatic carbocycles. The van der Waals surface area contributed by atoms with Crippen molar-refractivity contribution in [3.63, 3.8) is 0 Å². The van der Waals surface area contributed by atoms with Crippen molar-refractivity contribution in [1.82, 2.24) is 9.80 Å². The molecule has 1 fully saturated rings. The highest BCUT2D eigenvalue weighted by molar-refractivity contribution is 5.96. The molecular formula is C15H21N3O2. The van der Waals surface area contributed by atoms with E-state index in [1.807, 2.05) is 4.90 Å². The maximum atomic E-state index is 12.2. The number of rotatable bonds is 3. The predicted octanol–water partition coefficient (Wildman–Crippen LogP) is 2.06. The van der Waals surface area contributed by atoms with Gasteiger partial charge in [-0.3, -0.25) is 4.79 Å². The molecule has 1 aromatic rings. The molecule has 5 heteroatoms. The zero-order valence-corrected chi connectivity index (χ0v) is 12.1. The maximum Gasteiger partial charge on any atom is 0.321 e. The lowest BCUT2D eigenvalue weighted by molar-refractivity contribution is 0.101. The standard InChI is InChI=1S/C15H21N3O2/c1-3-17-7-9-18(10-8-17)15(20)16-14-6-4-5-13(11-14)12(2)19/h4-6,11H,3,7-10H2,1-2H3,(H,16,20). The fourth-order valence-corrected chi connectivity index (χ4v) is 2.29. The topological polar surface area (TPSA) is 52.6 Å². The number of hydrogen-bond acceptors (Lipinski definition) is 3. The van der Waals surface area contributed by atoms with Crippen molar-refractivity contribution >= 4 is 17.5 Å². The Hall–Kier alpha value is -1.88. The summed E-state index contributed by atoms with van der Waals surface area (Å²) >= 11 is 0. The normalized spacial score (nSPS) is 16.0. The number of carbonyl (C=O) groups excluding carboxylic acids is 2. The van der Waals surface area contributed by atoms with Gasteiger partial charge in [0.05, 0.1) is 0 Å². The Kier molecular flexibility index (Phi) is 4.74. The van der Waals surface area contributed by atoms with Gasteiger partial charge >= 0.3 is 6.03 Å². The molecule has 5 nitrogen and oxygen atoms in total. The van der Waals surface area contributed by atoms with Crippen molar-refractivity contribution in [1.29, 1.82) is 0 Å². The number of likely N-dealkylation sites (N-methyl/N-ethyl adjacent to an activating group) is 1. The number of carbonyl (C=O) groups is 2. The number of amides is 2. The number of ketones is 1. The molecule has 1 saturated heterocycles. The number of Topliss-reactive ketones (excluding diaryl/α,β-unsaturated/α-hetero) is 1. The fourth-order valence-electron chi connectivity index (χ4n) is 2.29. The summed E-state index contributed by atoms with van der Waals surface area (Å²) in [5.74, 6) is -0.00217. The molecule has 0 radical (unpaired) electrons. The second-order valence-electron chi connectivity index (χ2n) is 4.99. The highest BCUT2D eigenvalue weighted by Crippen LogP contribution is 2.12. The molecule has 0 saturated carbocycles. The number of benzene rings is 1. The minimum Gasteiger partial charge on any atom is -0.322 e. The van der Waals surface area contributed by atoms with E-state index in [4.69, 9.17) is 0 Å². The van der Waals surface area contributed by atoms with E-state index in [1.165, 1.54) is 6.92 Å². The number of piperazine rings is 1. The summed E-state index contributed by atoms with van der Waals surface area (Å²) in [6, 6.07) is 6.94. The number of anilines is 1. The lowest BCUT2D eigenvalue weighted by Gasteiger charge is -2.34. The molecule has 20 heavy (non-hydrogen) atoms. The lowest BCUT2D eigenvalue weighted by Crippen LogP contribution is -2.49. The molecule has 0 unspecified atom stereocenters. The van der Waals surface area contributed by atoms with E-state index in [-0.39, 0.29) is 11.8 Å². The van der Waals surface area contributed by atoms with Crippen LogP contribution in [0.5, 0.6) is 0 Å². The van der Waals surface area contributed by atoms with Crippen LogP contribution in [-0.4, -0.2) is 54.3 Å². The van der Waals surface area contributed by atoms with Gasteiger partial charge in [0.1, 0.15) is 0 Å². The van der Waals surface area contributed by atoms with Gasteiger partial charge in [0.15, 0.2) is 5.78 Å². The van der Waals surface area contributed by atoms with E-state index in [9.17, 15) is 9.59 Å². The fraction of sp³-hybridized carbons (Fsp3) is 0.467. The van der Waals surface area contributed by atoms with Crippen molar-refractivity contribution < 1.29 is 9.59 Å². The molecule has 2 rings (SSSR count). The summed E-state index contributed by atoms with van der Waals surface area (Å²) in [7, 11) is 0. The Morgan fingerprint density at radius 2 is 1.90 bits per heavy atom. The number of urea groups is 1. The van der Waals surface area contributed by atoms with Crippen LogP contribution in [0, 0.1) is 0 Å². The SMILES string of the molecule is CCN1CCN(C(=O)Nc2cccc(C(C)=O)c2)CC1. The Balaban J connectivity index is 1.95. The molecule has 2 amide bonds. The van der Waals surface area contributed by atoms with Gasteiger partial charge in [0, 0.05) is 37.4 Å². The van der Waals surface area contributed by atoms with Crippen molar-refractivity contribution in [2.24, 2.45) is 0 Å². The molecule has 1 N–H and O–H groups in total. The van der Waals surface area contributed by atoms with Gasteiger partial charge in [-0.05, 0) is 25.6 Å². The van der Waals surface area contributed by atoms with Crippen molar-refractivity contribution in [3.05, 3.63) is 29.8 Å². The third-order valence-electron chi connectivity index (χ3n) is 3.63. The van der Waals surface area contributed by atoms with Crippen LogP contribution < -0.4 is 5.32 Å². The maximum absolute atomic E-state index is 12.2. The van der Waals surface area contributed by atoms with Gasteiger partial charge in [-0.1, -0.05) is 19.1 Å². The lowest BCUT2D eigenvalue weighted by atomic mass is 10.1. The summed E-state index contributed by atoms with van der Waals surface area (Å²) in [5.41, 5.74) is 1.28. The first-order valence-electron chi connectivity index (χ1n) is 6.99. The summed E-state index contributed by atoms with van der Waals surface area (Å²) in [4.78, 5) is 27.6. The minimum atomic E-state index is -0.0959. The average molecular weight is 275 g/mol. The van der Waals surface area contributed by atoms with Gasteiger partial charge in [-0.25, -0.2) is 4.79 Å².